The molecule has 0 aromatic heterocycles. The van der Waals surface area contributed by atoms with Gasteiger partial charge in [-0.25, -0.2) is 0 Å². The van der Waals surface area contributed by atoms with Crippen LogP contribution in [-0.2, 0) is 4.74 Å². The average molecular weight is 268 g/mol. The van der Waals surface area contributed by atoms with Crippen LogP contribution in [0.15, 0.2) is 0 Å². The molecular weight excluding hydrogens is 236 g/mol. The molecule has 1 heterocycles. The predicted molar refractivity (Wildman–Crippen MR) is 80.5 cm³/mol. The van der Waals surface area contributed by atoms with E-state index in [1.165, 1.54) is 38.5 Å². The highest BCUT2D eigenvalue weighted by Gasteiger charge is 2.28. The maximum atomic E-state index is 5.62. The molecule has 0 radical (unpaired) electrons. The van der Waals surface area contributed by atoms with Crippen molar-refractivity contribution in [2.45, 2.75) is 64.5 Å². The number of hydrogen-bond acceptors (Lipinski definition) is 3. The molecule has 1 N–H and O–H groups in total. The van der Waals surface area contributed by atoms with E-state index in [2.05, 4.69) is 31.1 Å². The van der Waals surface area contributed by atoms with E-state index in [1.807, 2.05) is 0 Å². The summed E-state index contributed by atoms with van der Waals surface area (Å²) in [4.78, 5) is 2.55. The third-order valence-electron chi connectivity index (χ3n) is 4.97. The number of nitrogens with zero attached hydrogens (tertiary/aromatic N) is 1. The van der Waals surface area contributed by atoms with Gasteiger partial charge in [0.2, 0.25) is 0 Å². The Morgan fingerprint density at radius 1 is 1.21 bits per heavy atom. The first-order valence-corrected chi connectivity index (χ1v) is 8.09. The molecule has 1 aliphatic heterocycles. The molecule has 3 nitrogen and oxygen atoms in total. The molecule has 0 aromatic rings. The normalized spacial score (nSPS) is 28.1. The quantitative estimate of drug-likeness (QED) is 0.750. The second kappa shape index (κ2) is 7.05. The number of rotatable bonds is 6. The van der Waals surface area contributed by atoms with Crippen LogP contribution < -0.4 is 5.32 Å². The van der Waals surface area contributed by atoms with Gasteiger partial charge in [-0.1, -0.05) is 13.8 Å². The second-order valence-electron chi connectivity index (χ2n) is 7.22. The monoisotopic (exact) mass is 268 g/mol. The molecule has 2 rings (SSSR count). The molecule has 19 heavy (non-hydrogen) atoms. The largest absolute Gasteiger partial charge is 0.377 e. The Morgan fingerprint density at radius 2 is 1.95 bits per heavy atom. The van der Waals surface area contributed by atoms with Crippen molar-refractivity contribution >= 4 is 0 Å². The Bertz CT molecular complexity index is 251. The summed E-state index contributed by atoms with van der Waals surface area (Å²) in [7, 11) is 2.29. The zero-order chi connectivity index (χ0) is 13.7. The van der Waals surface area contributed by atoms with E-state index in [-0.39, 0.29) is 0 Å². The zero-order valence-corrected chi connectivity index (χ0v) is 13.1. The topological polar surface area (TPSA) is 24.5 Å². The molecule has 1 aliphatic carbocycles. The van der Waals surface area contributed by atoms with Crippen molar-refractivity contribution in [2.24, 2.45) is 5.41 Å². The van der Waals surface area contributed by atoms with Gasteiger partial charge in [-0.15, -0.1) is 0 Å². The second-order valence-corrected chi connectivity index (χ2v) is 7.22. The third kappa shape index (κ3) is 5.05. The molecule has 0 spiro atoms. The molecule has 0 bridgehead atoms. The first-order chi connectivity index (χ1) is 9.07. The number of hydrogen-bond donors (Lipinski definition) is 1. The van der Waals surface area contributed by atoms with E-state index >= 15 is 0 Å². The summed E-state index contributed by atoms with van der Waals surface area (Å²) in [6.07, 6.45) is 8.45. The van der Waals surface area contributed by atoms with Gasteiger partial charge in [0.1, 0.15) is 0 Å². The van der Waals surface area contributed by atoms with Gasteiger partial charge in [-0.05, 0) is 51.0 Å². The molecule has 1 atom stereocenters. The highest BCUT2D eigenvalue weighted by molar-refractivity contribution is 4.83. The first-order valence-electron chi connectivity index (χ1n) is 8.09. The van der Waals surface area contributed by atoms with Crippen LogP contribution >= 0.6 is 0 Å². The summed E-state index contributed by atoms with van der Waals surface area (Å²) in [6, 6.07) is 0.803. The lowest BCUT2D eigenvalue weighted by atomic mass is 9.75. The fourth-order valence-corrected chi connectivity index (χ4v) is 3.33. The minimum Gasteiger partial charge on any atom is -0.377 e. The van der Waals surface area contributed by atoms with Crippen molar-refractivity contribution in [3.05, 3.63) is 0 Å². The van der Waals surface area contributed by atoms with Crippen molar-refractivity contribution in [1.82, 2.24) is 10.2 Å². The Balaban J connectivity index is 1.55. The van der Waals surface area contributed by atoms with Crippen LogP contribution in [0.2, 0.25) is 0 Å². The van der Waals surface area contributed by atoms with Crippen molar-refractivity contribution in [3.8, 4) is 0 Å². The number of nitrogens with one attached hydrogen (secondary N) is 1. The fraction of sp³-hybridized carbons (Fsp3) is 1.00. The highest BCUT2D eigenvalue weighted by Crippen LogP contribution is 2.36. The molecule has 0 amide bonds. The molecular formula is C16H32N2O. The molecule has 3 heteroatoms. The first kappa shape index (κ1) is 15.3. The van der Waals surface area contributed by atoms with E-state index in [1.54, 1.807) is 0 Å². The predicted octanol–water partition coefficient (Wildman–Crippen LogP) is 2.66. The maximum absolute atomic E-state index is 5.62. The maximum Gasteiger partial charge on any atom is 0.0700 e. The highest BCUT2D eigenvalue weighted by atomic mass is 16.5. The number of ether oxygens (including phenoxy) is 1. The van der Waals surface area contributed by atoms with Gasteiger partial charge in [0.15, 0.2) is 0 Å². The van der Waals surface area contributed by atoms with E-state index in [4.69, 9.17) is 4.74 Å². The van der Waals surface area contributed by atoms with E-state index in [9.17, 15) is 0 Å². The van der Waals surface area contributed by atoms with Crippen LogP contribution in [0.25, 0.3) is 0 Å². The van der Waals surface area contributed by atoms with Gasteiger partial charge in [0.25, 0.3) is 0 Å². The van der Waals surface area contributed by atoms with Crippen molar-refractivity contribution in [3.63, 3.8) is 0 Å². The number of likely N-dealkylation sites (N-methyl/N-ethyl adjacent to an activating group) is 1. The molecule has 112 valence electrons. The Hall–Kier alpha value is -0.120. The van der Waals surface area contributed by atoms with Gasteiger partial charge in [0, 0.05) is 32.3 Å². The van der Waals surface area contributed by atoms with Crippen molar-refractivity contribution in [1.29, 1.82) is 0 Å². The minimum absolute atomic E-state index is 0.473. The SMILES string of the molecule is CN(CCNCC1CCCO1)C1CCC(C)(C)CC1. The molecule has 1 unspecified atom stereocenters. The summed E-state index contributed by atoms with van der Waals surface area (Å²) in [6.45, 7) is 9.07. The Morgan fingerprint density at radius 3 is 2.58 bits per heavy atom. The third-order valence-corrected chi connectivity index (χ3v) is 4.97. The van der Waals surface area contributed by atoms with E-state index in [0.29, 0.717) is 11.5 Å². The lowest BCUT2D eigenvalue weighted by molar-refractivity contribution is 0.105. The summed E-state index contributed by atoms with van der Waals surface area (Å²) in [5.41, 5.74) is 0.579. The lowest BCUT2D eigenvalue weighted by Crippen LogP contribution is -2.41. The smallest absolute Gasteiger partial charge is 0.0700 e. The van der Waals surface area contributed by atoms with Crippen LogP contribution in [0.5, 0.6) is 0 Å². The van der Waals surface area contributed by atoms with Crippen LogP contribution in [-0.4, -0.2) is 50.3 Å². The average Bonchev–Trinajstić information content (AvgIpc) is 2.87. The van der Waals surface area contributed by atoms with Crippen molar-refractivity contribution in [2.75, 3.05) is 33.3 Å². The van der Waals surface area contributed by atoms with Crippen LogP contribution in [0.4, 0.5) is 0 Å². The molecule has 1 saturated heterocycles. The Labute approximate surface area is 119 Å². The van der Waals surface area contributed by atoms with Gasteiger partial charge >= 0.3 is 0 Å². The zero-order valence-electron chi connectivity index (χ0n) is 13.1. The van der Waals surface area contributed by atoms with Crippen LogP contribution in [0.3, 0.4) is 0 Å². The summed E-state index contributed by atoms with van der Waals surface area (Å²) in [5.74, 6) is 0. The minimum atomic E-state index is 0.473. The fourth-order valence-electron chi connectivity index (χ4n) is 3.33. The van der Waals surface area contributed by atoms with Gasteiger partial charge in [-0.3, -0.25) is 0 Å². The molecule has 2 fully saturated rings. The van der Waals surface area contributed by atoms with Crippen molar-refractivity contribution < 1.29 is 4.74 Å². The van der Waals surface area contributed by atoms with Crippen LogP contribution in [0, 0.1) is 5.41 Å². The van der Waals surface area contributed by atoms with E-state index < -0.39 is 0 Å². The molecule has 2 aliphatic rings. The summed E-state index contributed by atoms with van der Waals surface area (Å²) in [5, 5.41) is 3.55. The summed E-state index contributed by atoms with van der Waals surface area (Å²) < 4.78 is 5.62. The molecule has 1 saturated carbocycles. The van der Waals surface area contributed by atoms with Gasteiger partial charge < -0.3 is 15.0 Å². The lowest BCUT2D eigenvalue weighted by Gasteiger charge is -2.38. The van der Waals surface area contributed by atoms with E-state index in [0.717, 1.165) is 32.3 Å². The Kier molecular flexibility index (Phi) is 5.67. The van der Waals surface area contributed by atoms with Crippen LogP contribution in [0.1, 0.15) is 52.4 Å². The van der Waals surface area contributed by atoms with Gasteiger partial charge in [0.05, 0.1) is 6.10 Å². The summed E-state index contributed by atoms with van der Waals surface area (Å²) >= 11 is 0. The molecule has 0 aromatic carbocycles. The standard InChI is InChI=1S/C16H32N2O/c1-16(2)8-6-14(7-9-16)18(3)11-10-17-13-15-5-4-12-19-15/h14-15,17H,4-13H2,1-3H3. The van der Waals surface area contributed by atoms with Gasteiger partial charge in [-0.2, -0.15) is 0 Å².